The number of hydrogen-bond acceptors (Lipinski definition) is 7. The highest BCUT2D eigenvalue weighted by atomic mass is 32.2. The van der Waals surface area contributed by atoms with Crippen LogP contribution in [0.5, 0.6) is 0 Å². The van der Waals surface area contributed by atoms with Gasteiger partial charge in [-0.1, -0.05) is 0 Å². The molecule has 2 atom stereocenters. The summed E-state index contributed by atoms with van der Waals surface area (Å²) in [7, 11) is -1.63. The van der Waals surface area contributed by atoms with Crippen LogP contribution in [0.4, 0.5) is 5.82 Å². The van der Waals surface area contributed by atoms with Crippen LogP contribution in [0.1, 0.15) is 12.8 Å². The van der Waals surface area contributed by atoms with Crippen molar-refractivity contribution in [2.75, 3.05) is 57.9 Å². The smallest absolute Gasteiger partial charge is 0.281 e. The first kappa shape index (κ1) is 19.2. The largest absolute Gasteiger partial charge is 0.383 e. The topological polar surface area (TPSA) is 96.7 Å². The van der Waals surface area contributed by atoms with Gasteiger partial charge in [0.15, 0.2) is 17.0 Å². The number of aromatic nitrogens is 4. The summed E-state index contributed by atoms with van der Waals surface area (Å²) in [5.41, 5.74) is 1.60. The first-order valence-corrected chi connectivity index (χ1v) is 11.6. The number of ether oxygens (including phenoxy) is 1. The number of hydrogen-bond donors (Lipinski definition) is 0. The lowest BCUT2D eigenvalue weighted by atomic mass is 10.0. The third-order valence-electron chi connectivity index (χ3n) is 6.39. The molecule has 29 heavy (non-hydrogen) atoms. The summed E-state index contributed by atoms with van der Waals surface area (Å²) in [4.78, 5) is 15.7. The average molecular weight is 422 g/mol. The van der Waals surface area contributed by atoms with Gasteiger partial charge in [-0.05, 0) is 24.7 Å². The van der Waals surface area contributed by atoms with Gasteiger partial charge in [0.05, 0.1) is 12.9 Å². The Hall–Kier alpha value is -1.82. The van der Waals surface area contributed by atoms with E-state index in [-0.39, 0.29) is 0 Å². The number of nitrogens with zero attached hydrogens (tertiary/aromatic N) is 7. The van der Waals surface area contributed by atoms with Crippen molar-refractivity contribution >= 4 is 27.2 Å². The third kappa shape index (κ3) is 3.29. The molecule has 0 N–H and O–H groups in total. The molecule has 5 heterocycles. The molecule has 3 aliphatic heterocycles. The molecule has 11 heteroatoms. The minimum Gasteiger partial charge on any atom is -0.383 e. The lowest BCUT2D eigenvalue weighted by Gasteiger charge is -2.25. The van der Waals surface area contributed by atoms with Crippen LogP contribution < -0.4 is 4.90 Å². The van der Waals surface area contributed by atoms with E-state index in [2.05, 4.69) is 19.9 Å². The molecule has 2 aromatic heterocycles. The molecule has 10 nitrogen and oxygen atoms in total. The van der Waals surface area contributed by atoms with Gasteiger partial charge in [-0.3, -0.25) is 0 Å². The summed E-state index contributed by atoms with van der Waals surface area (Å²) < 4.78 is 36.2. The monoisotopic (exact) mass is 421 g/mol. The molecule has 0 radical (unpaired) electrons. The molecule has 3 fully saturated rings. The minimum atomic E-state index is -3.31. The quantitative estimate of drug-likeness (QED) is 0.656. The van der Waals surface area contributed by atoms with Gasteiger partial charge in [-0.25, -0.2) is 15.0 Å². The van der Waals surface area contributed by atoms with E-state index in [4.69, 9.17) is 4.74 Å². The van der Waals surface area contributed by atoms with Crippen molar-refractivity contribution in [3.8, 4) is 0 Å². The van der Waals surface area contributed by atoms with Crippen molar-refractivity contribution < 1.29 is 13.2 Å². The maximum Gasteiger partial charge on any atom is 0.281 e. The third-order valence-corrected chi connectivity index (χ3v) is 8.36. The Bertz CT molecular complexity index is 975. The fourth-order valence-corrected chi connectivity index (χ4v) is 6.65. The van der Waals surface area contributed by atoms with Crippen LogP contribution in [-0.2, 0) is 21.5 Å². The first-order chi connectivity index (χ1) is 14.1. The predicted molar refractivity (Wildman–Crippen MR) is 108 cm³/mol. The Morgan fingerprint density at radius 2 is 1.76 bits per heavy atom. The Balaban J connectivity index is 1.31. The molecule has 0 amide bonds. The Morgan fingerprint density at radius 3 is 2.45 bits per heavy atom. The SMILES string of the molecule is COCCn1cnc2c(N3CC4CN(S(=O)(=O)N5CCCC5)CC4C3)ncnc21. The number of fused-ring (bicyclic) bond motifs is 2. The zero-order valence-corrected chi connectivity index (χ0v) is 17.5. The summed E-state index contributed by atoms with van der Waals surface area (Å²) in [5.74, 6) is 1.50. The summed E-state index contributed by atoms with van der Waals surface area (Å²) >= 11 is 0. The van der Waals surface area contributed by atoms with Gasteiger partial charge in [0.25, 0.3) is 10.2 Å². The van der Waals surface area contributed by atoms with Crippen LogP contribution in [0, 0.1) is 11.8 Å². The Labute approximate surface area is 170 Å². The van der Waals surface area contributed by atoms with E-state index in [0.717, 1.165) is 42.9 Å². The van der Waals surface area contributed by atoms with E-state index in [9.17, 15) is 8.42 Å². The molecule has 0 spiro atoms. The number of methoxy groups -OCH3 is 1. The van der Waals surface area contributed by atoms with Crippen LogP contribution >= 0.6 is 0 Å². The molecule has 0 bridgehead atoms. The van der Waals surface area contributed by atoms with Crippen LogP contribution in [0.15, 0.2) is 12.7 Å². The molecule has 2 unspecified atom stereocenters. The van der Waals surface area contributed by atoms with Gasteiger partial charge in [0, 0.05) is 52.9 Å². The van der Waals surface area contributed by atoms with Gasteiger partial charge in [-0.2, -0.15) is 17.0 Å². The lowest BCUT2D eigenvalue weighted by Crippen LogP contribution is -2.42. The highest BCUT2D eigenvalue weighted by molar-refractivity contribution is 7.86. The standard InChI is InChI=1S/C18H27N7O3S/c1-28-7-6-22-13-21-16-17(22)19-12-20-18(16)23-8-14-10-25(11-15(14)9-23)29(26,27)24-4-2-3-5-24/h12-15H,2-11H2,1H3. The van der Waals surface area contributed by atoms with Gasteiger partial charge < -0.3 is 14.2 Å². The van der Waals surface area contributed by atoms with Gasteiger partial charge in [-0.15, -0.1) is 0 Å². The van der Waals surface area contributed by atoms with Gasteiger partial charge >= 0.3 is 0 Å². The number of rotatable bonds is 6. The second-order valence-corrected chi connectivity index (χ2v) is 10.1. The Kier molecular flexibility index (Phi) is 4.93. The van der Waals surface area contributed by atoms with Gasteiger partial charge in [0.1, 0.15) is 6.33 Å². The first-order valence-electron chi connectivity index (χ1n) is 10.2. The predicted octanol–water partition coefficient (Wildman–Crippen LogP) is 0.181. The fourth-order valence-electron chi connectivity index (χ4n) is 4.85. The van der Waals surface area contributed by atoms with Crippen molar-refractivity contribution in [3.05, 3.63) is 12.7 Å². The summed E-state index contributed by atoms with van der Waals surface area (Å²) in [6, 6.07) is 0. The van der Waals surface area contributed by atoms with Crippen molar-refractivity contribution in [2.24, 2.45) is 11.8 Å². The van der Waals surface area contributed by atoms with E-state index in [0.29, 0.717) is 51.2 Å². The zero-order chi connectivity index (χ0) is 20.0. The molecule has 0 aliphatic carbocycles. The average Bonchev–Trinajstić information content (AvgIpc) is 3.49. The number of anilines is 1. The molecule has 5 rings (SSSR count). The van der Waals surface area contributed by atoms with Crippen LogP contribution in [0.3, 0.4) is 0 Å². The van der Waals surface area contributed by atoms with Crippen LogP contribution in [0.2, 0.25) is 0 Å². The number of imidazole rings is 1. The van der Waals surface area contributed by atoms with Crippen molar-refractivity contribution in [1.82, 2.24) is 28.1 Å². The van der Waals surface area contributed by atoms with Crippen molar-refractivity contribution in [3.63, 3.8) is 0 Å². The summed E-state index contributed by atoms with van der Waals surface area (Å²) in [6.07, 6.45) is 5.30. The fraction of sp³-hybridized carbons (Fsp3) is 0.722. The van der Waals surface area contributed by atoms with E-state index < -0.39 is 10.2 Å². The summed E-state index contributed by atoms with van der Waals surface area (Å²) in [5, 5.41) is 0. The molecule has 158 valence electrons. The second-order valence-electron chi connectivity index (χ2n) is 8.16. The molecular weight excluding hydrogens is 394 g/mol. The van der Waals surface area contributed by atoms with E-state index >= 15 is 0 Å². The molecule has 0 aromatic carbocycles. The van der Waals surface area contributed by atoms with E-state index in [1.54, 1.807) is 28.4 Å². The molecular formula is C18H27N7O3S. The van der Waals surface area contributed by atoms with Gasteiger partial charge in [0.2, 0.25) is 0 Å². The van der Waals surface area contributed by atoms with Crippen LogP contribution in [0.25, 0.3) is 11.2 Å². The molecule has 3 saturated heterocycles. The van der Waals surface area contributed by atoms with Crippen molar-refractivity contribution in [2.45, 2.75) is 19.4 Å². The molecule has 3 aliphatic rings. The second kappa shape index (κ2) is 7.46. The summed E-state index contributed by atoms with van der Waals surface area (Å²) in [6.45, 7) is 5.39. The normalized spacial score (nSPS) is 26.0. The molecule has 0 saturated carbocycles. The minimum absolute atomic E-state index is 0.327. The molecule has 2 aromatic rings. The van der Waals surface area contributed by atoms with Crippen LogP contribution in [-0.4, -0.2) is 89.5 Å². The lowest BCUT2D eigenvalue weighted by molar-refractivity contribution is 0.188. The zero-order valence-electron chi connectivity index (χ0n) is 16.6. The van der Waals surface area contributed by atoms with E-state index in [1.807, 2.05) is 4.57 Å². The maximum atomic E-state index is 12.9. The highest BCUT2D eigenvalue weighted by Crippen LogP contribution is 2.36. The van der Waals surface area contributed by atoms with Crippen molar-refractivity contribution in [1.29, 1.82) is 0 Å². The maximum absolute atomic E-state index is 12.9. The van der Waals surface area contributed by atoms with E-state index in [1.165, 1.54) is 0 Å². The Morgan fingerprint density at radius 1 is 1.03 bits per heavy atom. The highest BCUT2D eigenvalue weighted by Gasteiger charge is 2.46.